The molecule has 1 aliphatic rings. The lowest BCUT2D eigenvalue weighted by molar-refractivity contribution is -0.138. The fourth-order valence-corrected chi connectivity index (χ4v) is 3.15. The molecule has 1 heterocycles. The minimum Gasteiger partial charge on any atom is -0.496 e. The minimum atomic E-state index is -0.532. The van der Waals surface area contributed by atoms with Gasteiger partial charge in [0.15, 0.2) is 5.76 Å². The van der Waals surface area contributed by atoms with Crippen LogP contribution >= 0.6 is 15.9 Å². The van der Waals surface area contributed by atoms with Crippen molar-refractivity contribution in [2.45, 2.75) is 6.92 Å². The van der Waals surface area contributed by atoms with Crippen molar-refractivity contribution in [2.75, 3.05) is 20.8 Å². The first-order valence-electron chi connectivity index (χ1n) is 8.05. The molecule has 0 atom stereocenters. The van der Waals surface area contributed by atoms with Gasteiger partial charge in [0.25, 0.3) is 0 Å². The molecule has 0 saturated carbocycles. The third-order valence-corrected chi connectivity index (χ3v) is 4.41. The molecule has 1 aliphatic heterocycles. The maximum atomic E-state index is 12.8. The number of Topliss-reactive ketones (excluding diaryl/α,β-unsaturated/α-hetero) is 1. The van der Waals surface area contributed by atoms with E-state index in [1.165, 1.54) is 13.2 Å². The molecule has 0 N–H and O–H groups in total. The molecule has 0 aromatic heterocycles. The zero-order valence-corrected chi connectivity index (χ0v) is 16.6. The van der Waals surface area contributed by atoms with Crippen LogP contribution in [-0.4, -0.2) is 32.6 Å². The number of benzene rings is 2. The van der Waals surface area contributed by atoms with Crippen LogP contribution in [0.15, 0.2) is 40.6 Å². The van der Waals surface area contributed by atoms with Crippen LogP contribution in [0, 0.1) is 6.92 Å². The van der Waals surface area contributed by atoms with Crippen molar-refractivity contribution in [1.82, 2.24) is 0 Å². The second-order valence-electron chi connectivity index (χ2n) is 5.85. The summed E-state index contributed by atoms with van der Waals surface area (Å²) in [6.07, 6.45) is 1.63. The Bertz CT molecular complexity index is 948. The zero-order valence-electron chi connectivity index (χ0n) is 15.0. The molecule has 0 saturated heterocycles. The van der Waals surface area contributed by atoms with E-state index in [2.05, 4.69) is 15.9 Å². The predicted octanol–water partition coefficient (Wildman–Crippen LogP) is 3.93. The molecule has 0 radical (unpaired) electrons. The second kappa shape index (κ2) is 7.94. The molecule has 140 valence electrons. The van der Waals surface area contributed by atoms with Crippen molar-refractivity contribution >= 4 is 33.8 Å². The number of ketones is 1. The molecule has 0 unspecified atom stereocenters. The molecular formula is C20H17BrO6. The number of ether oxygens (including phenoxy) is 4. The number of allylic oxidation sites excluding steroid dienone is 1. The van der Waals surface area contributed by atoms with Crippen LogP contribution in [0.25, 0.3) is 6.08 Å². The van der Waals surface area contributed by atoms with E-state index in [0.717, 1.165) is 4.47 Å². The Morgan fingerprint density at radius 1 is 1.22 bits per heavy atom. The summed E-state index contributed by atoms with van der Waals surface area (Å²) in [5.74, 6) is 0.659. The van der Waals surface area contributed by atoms with Crippen molar-refractivity contribution in [1.29, 1.82) is 0 Å². The van der Waals surface area contributed by atoms with Crippen molar-refractivity contribution in [3.8, 4) is 17.2 Å². The Hall–Kier alpha value is -2.64. The Kier molecular flexibility index (Phi) is 5.62. The average molecular weight is 433 g/mol. The van der Waals surface area contributed by atoms with Crippen molar-refractivity contribution in [3.63, 3.8) is 0 Å². The highest BCUT2D eigenvalue weighted by Crippen LogP contribution is 2.38. The first kappa shape index (κ1) is 19.1. The lowest BCUT2D eigenvalue weighted by atomic mass is 10.0. The van der Waals surface area contributed by atoms with Gasteiger partial charge in [-0.05, 0) is 42.8 Å². The van der Waals surface area contributed by atoms with Crippen molar-refractivity contribution < 1.29 is 28.5 Å². The molecule has 2 aromatic rings. The molecule has 0 bridgehead atoms. The van der Waals surface area contributed by atoms with E-state index in [0.29, 0.717) is 33.9 Å². The summed E-state index contributed by atoms with van der Waals surface area (Å²) < 4.78 is 21.9. The third kappa shape index (κ3) is 4.04. The fraction of sp³-hybridized carbons (Fsp3) is 0.200. The maximum absolute atomic E-state index is 12.8. The van der Waals surface area contributed by atoms with E-state index in [-0.39, 0.29) is 18.1 Å². The molecule has 7 heteroatoms. The van der Waals surface area contributed by atoms with Crippen LogP contribution in [0.1, 0.15) is 21.5 Å². The van der Waals surface area contributed by atoms with E-state index in [1.54, 1.807) is 32.2 Å². The number of rotatable bonds is 5. The van der Waals surface area contributed by atoms with E-state index in [1.807, 2.05) is 12.1 Å². The van der Waals surface area contributed by atoms with Gasteiger partial charge in [0.2, 0.25) is 5.78 Å². The summed E-state index contributed by atoms with van der Waals surface area (Å²) >= 11 is 3.41. The monoisotopic (exact) mass is 432 g/mol. The van der Waals surface area contributed by atoms with Crippen molar-refractivity contribution in [2.24, 2.45) is 0 Å². The minimum absolute atomic E-state index is 0.163. The van der Waals surface area contributed by atoms with Gasteiger partial charge in [0, 0.05) is 23.2 Å². The predicted molar refractivity (Wildman–Crippen MR) is 102 cm³/mol. The summed E-state index contributed by atoms with van der Waals surface area (Å²) in [5, 5.41) is 0. The number of hydrogen-bond acceptors (Lipinski definition) is 6. The molecule has 0 aliphatic carbocycles. The summed E-state index contributed by atoms with van der Waals surface area (Å²) in [6.45, 7) is 1.60. The number of carbonyl (C=O) groups excluding carboxylic acids is 2. The maximum Gasteiger partial charge on any atom is 0.337 e. The molecule has 27 heavy (non-hydrogen) atoms. The standard InChI is InChI=1S/C20H17BrO6/c1-11-6-14(26-18(22)10-24-2)9-16-19(11)20(23)17(27-16)8-12-7-13(21)4-5-15(12)25-3/h4-9H,10H2,1-3H3/b17-8-. The number of carbonyl (C=O) groups is 2. The summed E-state index contributed by atoms with van der Waals surface area (Å²) in [7, 11) is 2.96. The van der Waals surface area contributed by atoms with E-state index in [9.17, 15) is 9.59 Å². The molecule has 2 aromatic carbocycles. The summed E-state index contributed by atoms with van der Waals surface area (Å²) in [5.41, 5.74) is 1.80. The lowest BCUT2D eigenvalue weighted by Crippen LogP contribution is -2.14. The quantitative estimate of drug-likeness (QED) is 0.404. The van der Waals surface area contributed by atoms with E-state index >= 15 is 0 Å². The molecular weight excluding hydrogens is 416 g/mol. The van der Waals surface area contributed by atoms with E-state index in [4.69, 9.17) is 18.9 Å². The number of methoxy groups -OCH3 is 2. The van der Waals surface area contributed by atoms with Gasteiger partial charge >= 0.3 is 5.97 Å². The zero-order chi connectivity index (χ0) is 19.6. The van der Waals surface area contributed by atoms with Gasteiger partial charge in [-0.2, -0.15) is 0 Å². The van der Waals surface area contributed by atoms with Gasteiger partial charge < -0.3 is 18.9 Å². The van der Waals surface area contributed by atoms with Crippen LogP contribution in [0.5, 0.6) is 17.2 Å². The number of halogens is 1. The van der Waals surface area contributed by atoms with Crippen LogP contribution in [0.2, 0.25) is 0 Å². The number of hydrogen-bond donors (Lipinski definition) is 0. The third-order valence-electron chi connectivity index (χ3n) is 3.92. The molecule has 0 amide bonds. The largest absolute Gasteiger partial charge is 0.496 e. The van der Waals surface area contributed by atoms with Gasteiger partial charge in [-0.1, -0.05) is 15.9 Å². The highest BCUT2D eigenvalue weighted by molar-refractivity contribution is 9.10. The van der Waals surface area contributed by atoms with Gasteiger partial charge in [0.05, 0.1) is 12.7 Å². The summed E-state index contributed by atoms with van der Waals surface area (Å²) in [4.78, 5) is 24.4. The van der Waals surface area contributed by atoms with Crippen LogP contribution in [0.4, 0.5) is 0 Å². The Morgan fingerprint density at radius 2 is 2.00 bits per heavy atom. The molecule has 3 rings (SSSR count). The molecule has 0 spiro atoms. The van der Waals surface area contributed by atoms with Gasteiger partial charge in [-0.15, -0.1) is 0 Å². The SMILES string of the molecule is COCC(=O)Oc1cc(C)c2c(c1)O/C(=C\c1cc(Br)ccc1OC)C2=O. The summed E-state index contributed by atoms with van der Waals surface area (Å²) in [6, 6.07) is 8.61. The molecule has 6 nitrogen and oxygen atoms in total. The van der Waals surface area contributed by atoms with Crippen molar-refractivity contribution in [3.05, 3.63) is 57.3 Å². The van der Waals surface area contributed by atoms with Gasteiger partial charge in [-0.25, -0.2) is 4.79 Å². The number of esters is 1. The van der Waals surface area contributed by atoms with Crippen LogP contribution in [-0.2, 0) is 9.53 Å². The molecule has 0 fully saturated rings. The van der Waals surface area contributed by atoms with Crippen LogP contribution in [0.3, 0.4) is 0 Å². The van der Waals surface area contributed by atoms with Gasteiger partial charge in [-0.3, -0.25) is 4.79 Å². The number of fused-ring (bicyclic) bond motifs is 1. The highest BCUT2D eigenvalue weighted by atomic mass is 79.9. The Balaban J connectivity index is 1.94. The Morgan fingerprint density at radius 3 is 2.70 bits per heavy atom. The highest BCUT2D eigenvalue weighted by Gasteiger charge is 2.30. The van der Waals surface area contributed by atoms with Crippen LogP contribution < -0.4 is 14.2 Å². The first-order valence-corrected chi connectivity index (χ1v) is 8.84. The van der Waals surface area contributed by atoms with E-state index < -0.39 is 5.97 Å². The fourth-order valence-electron chi connectivity index (χ4n) is 2.77. The first-order chi connectivity index (χ1) is 12.9. The average Bonchev–Trinajstić information content (AvgIpc) is 2.91. The topological polar surface area (TPSA) is 71.1 Å². The smallest absolute Gasteiger partial charge is 0.337 e. The van der Waals surface area contributed by atoms with Gasteiger partial charge in [0.1, 0.15) is 23.9 Å². The lowest BCUT2D eigenvalue weighted by Gasteiger charge is -2.07. The normalized spacial score (nSPS) is 14.1. The second-order valence-corrected chi connectivity index (χ2v) is 6.76. The number of aryl methyl sites for hydroxylation is 1. The Labute approximate surface area is 164 Å².